The van der Waals surface area contributed by atoms with Crippen LogP contribution in [-0.4, -0.2) is 76.8 Å². The monoisotopic (exact) mass is 435 g/mol. The van der Waals surface area contributed by atoms with E-state index in [-0.39, 0.29) is 39.2 Å². The van der Waals surface area contributed by atoms with Crippen LogP contribution in [-0.2, 0) is 25.7 Å². The number of esters is 1. The van der Waals surface area contributed by atoms with Gasteiger partial charge in [-0.2, -0.15) is 0 Å². The number of amides is 3. The van der Waals surface area contributed by atoms with Crippen LogP contribution in [0.15, 0.2) is 30.3 Å². The molecule has 1 heterocycles. The predicted octanol–water partition coefficient (Wildman–Crippen LogP) is 1.84. The van der Waals surface area contributed by atoms with Gasteiger partial charge in [-0.15, -0.1) is 0 Å². The Kier molecular flexibility index (Phi) is 8.23. The first-order valence-corrected chi connectivity index (χ1v) is 10.0. The number of benzene rings is 1. The summed E-state index contributed by atoms with van der Waals surface area (Å²) in [5.41, 5.74) is 0.0310. The lowest BCUT2D eigenvalue weighted by Gasteiger charge is -2.35. The lowest BCUT2D eigenvalue weighted by molar-refractivity contribution is -0.157. The fourth-order valence-corrected chi connectivity index (χ4v) is 3.00. The lowest BCUT2D eigenvalue weighted by Crippen LogP contribution is -2.56. The second-order valence-electron chi connectivity index (χ2n) is 8.14. The summed E-state index contributed by atoms with van der Waals surface area (Å²) in [6.45, 7) is 5.75. The van der Waals surface area contributed by atoms with Gasteiger partial charge in [0.2, 0.25) is 5.91 Å². The molecule has 170 valence electrons. The molecule has 1 aliphatic rings. The molecule has 1 aromatic rings. The minimum atomic E-state index is -1.19. The first-order chi connectivity index (χ1) is 14.5. The second-order valence-corrected chi connectivity index (χ2v) is 8.14. The SMILES string of the molecule is CC(C)(C)OC(=O)C[C@H](NC(=O)OCc1ccccc1)C(=O)N1CCN(C(=O)O)CC1. The van der Waals surface area contributed by atoms with E-state index >= 15 is 0 Å². The molecule has 0 aromatic heterocycles. The van der Waals surface area contributed by atoms with Gasteiger partial charge >= 0.3 is 18.2 Å². The van der Waals surface area contributed by atoms with Gasteiger partial charge in [0.1, 0.15) is 18.2 Å². The van der Waals surface area contributed by atoms with E-state index in [1.165, 1.54) is 9.80 Å². The smallest absolute Gasteiger partial charge is 0.408 e. The van der Waals surface area contributed by atoms with E-state index in [1.54, 1.807) is 32.9 Å². The third kappa shape index (κ3) is 8.15. The minimum Gasteiger partial charge on any atom is -0.465 e. The van der Waals surface area contributed by atoms with Crippen molar-refractivity contribution in [2.24, 2.45) is 0 Å². The minimum absolute atomic E-state index is 0.0112. The number of hydrogen-bond acceptors (Lipinski definition) is 6. The molecular formula is C21H29N3O7. The molecule has 1 fully saturated rings. The third-order valence-corrected chi connectivity index (χ3v) is 4.46. The van der Waals surface area contributed by atoms with E-state index in [0.29, 0.717) is 0 Å². The van der Waals surface area contributed by atoms with Crippen molar-refractivity contribution in [3.05, 3.63) is 35.9 Å². The van der Waals surface area contributed by atoms with Crippen LogP contribution in [0, 0.1) is 0 Å². The van der Waals surface area contributed by atoms with Gasteiger partial charge < -0.3 is 29.7 Å². The van der Waals surface area contributed by atoms with Crippen LogP contribution in [0.4, 0.5) is 9.59 Å². The van der Waals surface area contributed by atoms with E-state index in [2.05, 4.69) is 5.32 Å². The van der Waals surface area contributed by atoms with Crippen molar-refractivity contribution in [2.75, 3.05) is 26.2 Å². The summed E-state index contributed by atoms with van der Waals surface area (Å²) in [6, 6.07) is 7.85. The second kappa shape index (κ2) is 10.6. The average Bonchev–Trinajstić information content (AvgIpc) is 2.70. The molecule has 10 heteroatoms. The topological polar surface area (TPSA) is 125 Å². The molecule has 10 nitrogen and oxygen atoms in total. The molecule has 1 aliphatic heterocycles. The zero-order valence-corrected chi connectivity index (χ0v) is 18.0. The Labute approximate surface area is 181 Å². The largest absolute Gasteiger partial charge is 0.465 e. The lowest BCUT2D eigenvalue weighted by atomic mass is 10.1. The quantitative estimate of drug-likeness (QED) is 0.653. The van der Waals surface area contributed by atoms with Gasteiger partial charge in [-0.25, -0.2) is 9.59 Å². The summed E-state index contributed by atoms with van der Waals surface area (Å²) in [5.74, 6) is -1.13. The molecule has 1 aromatic carbocycles. The highest BCUT2D eigenvalue weighted by Gasteiger charge is 2.33. The number of rotatable bonds is 6. The van der Waals surface area contributed by atoms with Crippen molar-refractivity contribution in [3.8, 4) is 0 Å². The molecule has 1 atom stereocenters. The Morgan fingerprint density at radius 1 is 1.03 bits per heavy atom. The van der Waals surface area contributed by atoms with Gasteiger partial charge in [0.25, 0.3) is 0 Å². The van der Waals surface area contributed by atoms with E-state index in [1.807, 2.05) is 18.2 Å². The van der Waals surface area contributed by atoms with Gasteiger partial charge in [-0.1, -0.05) is 30.3 Å². The van der Waals surface area contributed by atoms with E-state index in [9.17, 15) is 19.2 Å². The highest BCUT2D eigenvalue weighted by molar-refractivity contribution is 5.89. The fourth-order valence-electron chi connectivity index (χ4n) is 3.00. The van der Waals surface area contributed by atoms with Crippen LogP contribution < -0.4 is 5.32 Å². The summed E-state index contributed by atoms with van der Waals surface area (Å²) < 4.78 is 10.4. The Bertz CT molecular complexity index is 784. The first kappa shape index (κ1) is 24.0. The fraction of sp³-hybridized carbons (Fsp3) is 0.524. The molecule has 2 rings (SSSR count). The maximum absolute atomic E-state index is 13.0. The maximum atomic E-state index is 13.0. The van der Waals surface area contributed by atoms with Crippen molar-refractivity contribution in [2.45, 2.75) is 45.4 Å². The highest BCUT2D eigenvalue weighted by atomic mass is 16.6. The predicted molar refractivity (Wildman–Crippen MR) is 110 cm³/mol. The van der Waals surface area contributed by atoms with E-state index in [0.717, 1.165) is 5.56 Å². The van der Waals surface area contributed by atoms with Crippen molar-refractivity contribution >= 4 is 24.1 Å². The molecule has 0 aliphatic carbocycles. The molecule has 0 saturated carbocycles. The molecule has 1 saturated heterocycles. The highest BCUT2D eigenvalue weighted by Crippen LogP contribution is 2.12. The Morgan fingerprint density at radius 2 is 1.61 bits per heavy atom. The molecular weight excluding hydrogens is 406 g/mol. The summed E-state index contributed by atoms with van der Waals surface area (Å²) in [5, 5.41) is 11.5. The summed E-state index contributed by atoms with van der Waals surface area (Å²) in [4.78, 5) is 51.2. The number of carbonyl (C=O) groups excluding carboxylic acids is 3. The van der Waals surface area contributed by atoms with Crippen LogP contribution >= 0.6 is 0 Å². The summed E-state index contributed by atoms with van der Waals surface area (Å²) >= 11 is 0. The molecule has 0 bridgehead atoms. The molecule has 31 heavy (non-hydrogen) atoms. The van der Waals surface area contributed by atoms with Gasteiger partial charge in [-0.05, 0) is 26.3 Å². The van der Waals surface area contributed by atoms with Crippen LogP contribution in [0.2, 0.25) is 0 Å². The van der Waals surface area contributed by atoms with Crippen molar-refractivity contribution in [1.29, 1.82) is 0 Å². The average molecular weight is 435 g/mol. The van der Waals surface area contributed by atoms with E-state index < -0.39 is 35.7 Å². The zero-order chi connectivity index (χ0) is 23.0. The Morgan fingerprint density at radius 3 is 2.16 bits per heavy atom. The van der Waals surface area contributed by atoms with Crippen LogP contribution in [0.3, 0.4) is 0 Å². The van der Waals surface area contributed by atoms with Crippen molar-refractivity contribution in [3.63, 3.8) is 0 Å². The molecule has 3 amide bonds. The maximum Gasteiger partial charge on any atom is 0.408 e. The third-order valence-electron chi connectivity index (χ3n) is 4.46. The molecule has 0 radical (unpaired) electrons. The normalized spacial score (nSPS) is 15.1. The van der Waals surface area contributed by atoms with Crippen molar-refractivity contribution in [1.82, 2.24) is 15.1 Å². The van der Waals surface area contributed by atoms with Gasteiger partial charge in [0.15, 0.2) is 0 Å². The van der Waals surface area contributed by atoms with Crippen LogP contribution in [0.25, 0.3) is 0 Å². The number of carboxylic acid groups (broad SMARTS) is 1. The zero-order valence-electron chi connectivity index (χ0n) is 18.0. The molecule has 0 spiro atoms. The van der Waals surface area contributed by atoms with Crippen molar-refractivity contribution < 1.29 is 33.8 Å². The van der Waals surface area contributed by atoms with Crippen LogP contribution in [0.1, 0.15) is 32.8 Å². The Balaban J connectivity index is 2.01. The number of ether oxygens (including phenoxy) is 2. The van der Waals surface area contributed by atoms with Gasteiger partial charge in [0.05, 0.1) is 6.42 Å². The van der Waals surface area contributed by atoms with Gasteiger partial charge in [0, 0.05) is 26.2 Å². The molecule has 0 unspecified atom stereocenters. The van der Waals surface area contributed by atoms with E-state index in [4.69, 9.17) is 14.6 Å². The molecule has 2 N–H and O–H groups in total. The summed E-state index contributed by atoms with van der Waals surface area (Å²) in [6.07, 6.45) is -2.26. The standard InChI is InChI=1S/C21H29N3O7/c1-21(2,3)31-17(25)13-16(18(26)23-9-11-24(12-10-23)20(28)29)22-19(27)30-14-15-7-5-4-6-8-15/h4-8,16H,9-14H2,1-3H3,(H,22,27)(H,28,29)/t16-/m0/s1. The number of alkyl carbamates (subject to hydrolysis) is 1. The van der Waals surface area contributed by atoms with Gasteiger partial charge in [-0.3, -0.25) is 9.59 Å². The summed E-state index contributed by atoms with van der Waals surface area (Å²) in [7, 11) is 0. The number of nitrogens with zero attached hydrogens (tertiary/aromatic N) is 2. The number of carbonyl (C=O) groups is 4. The first-order valence-electron chi connectivity index (χ1n) is 10.0. The van der Waals surface area contributed by atoms with Crippen LogP contribution in [0.5, 0.6) is 0 Å². The number of nitrogens with one attached hydrogen (secondary N) is 1. The number of piperazine rings is 1. The number of hydrogen-bond donors (Lipinski definition) is 2. The Hall–Kier alpha value is -3.30.